The molecule has 1 unspecified atom stereocenters. The molecule has 0 radical (unpaired) electrons. The van der Waals surface area contributed by atoms with Crippen LogP contribution < -0.4 is 0 Å². The van der Waals surface area contributed by atoms with Crippen molar-refractivity contribution < 1.29 is 14.8 Å². The molecule has 21 heavy (non-hydrogen) atoms. The van der Waals surface area contributed by atoms with Crippen LogP contribution in [0.2, 0.25) is 0 Å². The second kappa shape index (κ2) is 6.40. The second-order valence-corrected chi connectivity index (χ2v) is 5.57. The molecule has 1 aromatic carbocycles. The first kappa shape index (κ1) is 15.0. The Morgan fingerprint density at radius 3 is 2.71 bits per heavy atom. The van der Waals surface area contributed by atoms with Gasteiger partial charge in [-0.2, -0.15) is 0 Å². The third-order valence-corrected chi connectivity index (χ3v) is 4.18. The fraction of sp³-hybridized carbons (Fsp3) is 0.231. The third-order valence-electron chi connectivity index (χ3n) is 2.83. The Morgan fingerprint density at radius 1 is 1.48 bits per heavy atom. The van der Waals surface area contributed by atoms with Gasteiger partial charge in [0.2, 0.25) is 6.33 Å². The Balaban J connectivity index is 2.23. The molecular weight excluding hydrogens is 294 g/mol. The molecule has 1 N–H and O–H groups in total. The van der Waals surface area contributed by atoms with Crippen molar-refractivity contribution >= 4 is 23.5 Å². The van der Waals surface area contributed by atoms with Crippen LogP contribution in [0.1, 0.15) is 5.56 Å². The van der Waals surface area contributed by atoms with Crippen LogP contribution in [0.25, 0.3) is 0 Å². The van der Waals surface area contributed by atoms with E-state index in [0.29, 0.717) is 0 Å². The van der Waals surface area contributed by atoms with Crippen LogP contribution in [0.5, 0.6) is 0 Å². The largest absolute Gasteiger partial charge is 0.480 e. The van der Waals surface area contributed by atoms with Gasteiger partial charge in [-0.1, -0.05) is 42.1 Å². The summed E-state index contributed by atoms with van der Waals surface area (Å²) in [6.45, 7) is 0. The SMILES string of the molecule is Cn1cnc([N+](=O)[O-])c1SC(Cc1ccccc1)C(=O)O. The molecule has 110 valence electrons. The predicted octanol–water partition coefficient (Wildman–Crippen LogP) is 2.12. The van der Waals surface area contributed by atoms with Gasteiger partial charge in [0.05, 0.1) is 0 Å². The first-order valence-electron chi connectivity index (χ1n) is 6.08. The van der Waals surface area contributed by atoms with Crippen molar-refractivity contribution in [1.29, 1.82) is 0 Å². The lowest BCUT2D eigenvalue weighted by Crippen LogP contribution is -2.19. The summed E-state index contributed by atoms with van der Waals surface area (Å²) in [6, 6.07) is 9.15. The Hall–Kier alpha value is -2.35. The van der Waals surface area contributed by atoms with Gasteiger partial charge >= 0.3 is 11.8 Å². The van der Waals surface area contributed by atoms with Crippen molar-refractivity contribution in [1.82, 2.24) is 9.55 Å². The molecule has 0 fully saturated rings. The lowest BCUT2D eigenvalue weighted by molar-refractivity contribution is -0.392. The van der Waals surface area contributed by atoms with Crippen LogP contribution in [0, 0.1) is 10.1 Å². The lowest BCUT2D eigenvalue weighted by Gasteiger charge is -2.11. The fourth-order valence-corrected chi connectivity index (χ4v) is 2.90. The molecule has 7 nitrogen and oxygen atoms in total. The zero-order valence-electron chi connectivity index (χ0n) is 11.2. The second-order valence-electron chi connectivity index (χ2n) is 4.38. The number of hydrogen-bond acceptors (Lipinski definition) is 5. The van der Waals surface area contributed by atoms with Gasteiger partial charge in [0, 0.05) is 7.05 Å². The zero-order valence-corrected chi connectivity index (χ0v) is 12.0. The van der Waals surface area contributed by atoms with Gasteiger partial charge in [-0.05, 0) is 21.9 Å². The summed E-state index contributed by atoms with van der Waals surface area (Å²) in [5.74, 6) is -1.33. The molecule has 0 aliphatic heterocycles. The Morgan fingerprint density at radius 2 is 2.14 bits per heavy atom. The van der Waals surface area contributed by atoms with E-state index in [-0.39, 0.29) is 17.3 Å². The smallest absolute Gasteiger partial charge is 0.395 e. The van der Waals surface area contributed by atoms with Gasteiger partial charge in [0.15, 0.2) is 5.03 Å². The van der Waals surface area contributed by atoms with Crippen molar-refractivity contribution in [3.05, 3.63) is 52.3 Å². The van der Waals surface area contributed by atoms with E-state index >= 15 is 0 Å². The number of aliphatic carboxylic acids is 1. The quantitative estimate of drug-likeness (QED) is 0.498. The monoisotopic (exact) mass is 307 g/mol. The first-order chi connectivity index (χ1) is 9.99. The number of carboxylic acids is 1. The minimum atomic E-state index is -1.01. The van der Waals surface area contributed by atoms with E-state index in [0.717, 1.165) is 17.3 Å². The number of nitro groups is 1. The maximum atomic E-state index is 11.4. The van der Waals surface area contributed by atoms with Gasteiger partial charge in [-0.3, -0.25) is 4.79 Å². The molecular formula is C13H13N3O4S. The molecule has 2 rings (SSSR count). The van der Waals surface area contributed by atoms with E-state index in [4.69, 9.17) is 0 Å². The Bertz CT molecular complexity index is 657. The van der Waals surface area contributed by atoms with Gasteiger partial charge in [-0.15, -0.1) is 0 Å². The summed E-state index contributed by atoms with van der Waals surface area (Å²) >= 11 is 0.939. The van der Waals surface area contributed by atoms with Crippen molar-refractivity contribution in [2.75, 3.05) is 0 Å². The standard InChI is InChI=1S/C13H13N3O4S/c1-15-8-14-11(16(19)20)12(15)21-10(13(17)18)7-9-5-3-2-4-6-9/h2-6,8,10H,7H2,1H3,(H,17,18). The van der Waals surface area contributed by atoms with Crippen LogP contribution in [0.3, 0.4) is 0 Å². The van der Waals surface area contributed by atoms with Crippen molar-refractivity contribution in [3.8, 4) is 0 Å². The van der Waals surface area contributed by atoms with Crippen molar-refractivity contribution in [2.45, 2.75) is 16.7 Å². The number of nitrogens with zero attached hydrogens (tertiary/aromatic N) is 3. The molecule has 1 atom stereocenters. The molecule has 0 bridgehead atoms. The van der Waals surface area contributed by atoms with Crippen LogP contribution in [0.4, 0.5) is 5.82 Å². The summed E-state index contributed by atoms with van der Waals surface area (Å²) in [4.78, 5) is 25.4. The number of carbonyl (C=O) groups is 1. The topological polar surface area (TPSA) is 98.3 Å². The number of imidazole rings is 1. The number of aryl methyl sites for hydroxylation is 1. The summed E-state index contributed by atoms with van der Waals surface area (Å²) in [6.07, 6.45) is 1.59. The molecule has 1 heterocycles. The Labute approximate surface area is 124 Å². The van der Waals surface area contributed by atoms with E-state index in [1.807, 2.05) is 30.3 Å². The van der Waals surface area contributed by atoms with Crippen LogP contribution in [-0.2, 0) is 18.3 Å². The molecule has 2 aromatic rings. The number of benzene rings is 1. The van der Waals surface area contributed by atoms with Gasteiger partial charge < -0.3 is 19.8 Å². The molecule has 0 spiro atoms. The lowest BCUT2D eigenvalue weighted by atomic mass is 10.1. The number of aromatic nitrogens is 2. The fourth-order valence-electron chi connectivity index (χ4n) is 1.81. The van der Waals surface area contributed by atoms with Crippen LogP contribution in [-0.4, -0.2) is 30.8 Å². The van der Waals surface area contributed by atoms with E-state index in [1.54, 1.807) is 7.05 Å². The van der Waals surface area contributed by atoms with E-state index in [1.165, 1.54) is 10.9 Å². The normalized spacial score (nSPS) is 12.0. The van der Waals surface area contributed by atoms with Crippen LogP contribution in [0.15, 0.2) is 41.7 Å². The minimum absolute atomic E-state index is 0.239. The molecule has 0 saturated heterocycles. The first-order valence-corrected chi connectivity index (χ1v) is 6.96. The third kappa shape index (κ3) is 3.60. The van der Waals surface area contributed by atoms with Crippen molar-refractivity contribution in [3.63, 3.8) is 0 Å². The molecule has 0 saturated carbocycles. The average Bonchev–Trinajstić information content (AvgIpc) is 2.80. The molecule has 0 aliphatic carbocycles. The highest BCUT2D eigenvalue weighted by molar-refractivity contribution is 8.00. The van der Waals surface area contributed by atoms with Crippen LogP contribution >= 0.6 is 11.8 Å². The molecule has 1 aromatic heterocycles. The maximum absolute atomic E-state index is 11.4. The van der Waals surface area contributed by atoms with E-state index < -0.39 is 16.1 Å². The minimum Gasteiger partial charge on any atom is -0.480 e. The summed E-state index contributed by atoms with van der Waals surface area (Å²) in [5.41, 5.74) is 0.863. The van der Waals surface area contributed by atoms with Gasteiger partial charge in [0.25, 0.3) is 0 Å². The maximum Gasteiger partial charge on any atom is 0.395 e. The van der Waals surface area contributed by atoms with Gasteiger partial charge in [-0.25, -0.2) is 0 Å². The van der Waals surface area contributed by atoms with Gasteiger partial charge in [0.1, 0.15) is 5.25 Å². The number of rotatable bonds is 6. The predicted molar refractivity (Wildman–Crippen MR) is 77.3 cm³/mol. The average molecular weight is 307 g/mol. The molecule has 0 aliphatic rings. The highest BCUT2D eigenvalue weighted by Gasteiger charge is 2.28. The summed E-state index contributed by atoms with van der Waals surface area (Å²) < 4.78 is 1.46. The Kier molecular flexibility index (Phi) is 4.59. The zero-order chi connectivity index (χ0) is 15.4. The number of thioether (sulfide) groups is 1. The highest BCUT2D eigenvalue weighted by Crippen LogP contribution is 2.32. The summed E-state index contributed by atoms with van der Waals surface area (Å²) in [5, 5.41) is 19.7. The number of carboxylic acid groups (broad SMARTS) is 1. The van der Waals surface area contributed by atoms with E-state index in [2.05, 4.69) is 4.98 Å². The number of hydrogen-bond donors (Lipinski definition) is 1. The summed E-state index contributed by atoms with van der Waals surface area (Å²) in [7, 11) is 1.60. The highest BCUT2D eigenvalue weighted by atomic mass is 32.2. The van der Waals surface area contributed by atoms with Crippen molar-refractivity contribution in [2.24, 2.45) is 7.05 Å². The molecule has 8 heteroatoms. The van der Waals surface area contributed by atoms with E-state index in [9.17, 15) is 20.0 Å². The molecule has 0 amide bonds.